The molecule has 1 N–H and O–H groups in total. The van der Waals surface area contributed by atoms with Crippen LogP contribution in [0.25, 0.3) is 0 Å². The molecule has 1 heterocycles. The molecule has 1 atom stereocenters. The van der Waals surface area contributed by atoms with Crippen LogP contribution in [0.1, 0.15) is 47.9 Å². The van der Waals surface area contributed by atoms with Gasteiger partial charge in [-0.1, -0.05) is 79.2 Å². The number of hydrogen-bond acceptors (Lipinski definition) is 2. The smallest absolute Gasteiger partial charge is 0.318 e. The molecule has 0 radical (unpaired) electrons. The molecule has 1 aliphatic heterocycles. The molecule has 4 nitrogen and oxygen atoms in total. The SMILES string of the molecule is COc1ccc(C2CCCCN(C(=O)NC(c3ccccc3)c3ccccc3)C2)cc1. The van der Waals surface area contributed by atoms with Crippen LogP contribution in [-0.2, 0) is 0 Å². The van der Waals surface area contributed by atoms with Crippen LogP contribution in [0.15, 0.2) is 84.9 Å². The maximum Gasteiger partial charge on any atom is 0.318 e. The van der Waals surface area contributed by atoms with E-state index in [4.69, 9.17) is 4.74 Å². The first kappa shape index (κ1) is 21.0. The molecule has 0 aliphatic carbocycles. The molecular weight excluding hydrogens is 384 g/mol. The number of nitrogens with zero attached hydrogens (tertiary/aromatic N) is 1. The van der Waals surface area contributed by atoms with Gasteiger partial charge in [-0.2, -0.15) is 0 Å². The molecule has 0 bridgehead atoms. The Morgan fingerprint density at radius 3 is 2.10 bits per heavy atom. The fraction of sp³-hybridized carbons (Fsp3) is 0.296. The van der Waals surface area contributed by atoms with E-state index in [0.29, 0.717) is 5.92 Å². The van der Waals surface area contributed by atoms with E-state index in [9.17, 15) is 4.79 Å². The Morgan fingerprint density at radius 1 is 0.903 bits per heavy atom. The van der Waals surface area contributed by atoms with E-state index in [-0.39, 0.29) is 12.1 Å². The van der Waals surface area contributed by atoms with Crippen LogP contribution in [0.4, 0.5) is 4.79 Å². The van der Waals surface area contributed by atoms with Crippen LogP contribution in [0.5, 0.6) is 5.75 Å². The number of urea groups is 1. The summed E-state index contributed by atoms with van der Waals surface area (Å²) in [7, 11) is 1.68. The van der Waals surface area contributed by atoms with Crippen molar-refractivity contribution in [2.24, 2.45) is 0 Å². The van der Waals surface area contributed by atoms with E-state index in [1.165, 1.54) is 5.56 Å². The number of rotatable bonds is 5. The highest BCUT2D eigenvalue weighted by atomic mass is 16.5. The summed E-state index contributed by atoms with van der Waals surface area (Å²) in [4.78, 5) is 15.4. The fourth-order valence-corrected chi connectivity index (χ4v) is 4.34. The van der Waals surface area contributed by atoms with Crippen LogP contribution in [0.2, 0.25) is 0 Å². The second kappa shape index (κ2) is 10.2. The third-order valence-electron chi connectivity index (χ3n) is 6.08. The number of ether oxygens (including phenoxy) is 1. The molecular formula is C27H30N2O2. The quantitative estimate of drug-likeness (QED) is 0.576. The Balaban J connectivity index is 1.52. The van der Waals surface area contributed by atoms with E-state index in [1.54, 1.807) is 7.11 Å². The van der Waals surface area contributed by atoms with Crippen molar-refractivity contribution >= 4 is 6.03 Å². The summed E-state index contributed by atoms with van der Waals surface area (Å²) in [6, 6.07) is 28.4. The number of carbonyl (C=O) groups excluding carboxylic acids is 1. The standard InChI is InChI=1S/C27H30N2O2/c1-31-25-17-15-21(16-18-25)24-14-8-9-19-29(20-24)27(30)28-26(22-10-4-2-5-11-22)23-12-6-3-7-13-23/h2-7,10-13,15-18,24,26H,8-9,14,19-20H2,1H3,(H,28,30). The van der Waals surface area contributed by atoms with Crippen molar-refractivity contribution in [3.63, 3.8) is 0 Å². The van der Waals surface area contributed by atoms with E-state index in [0.717, 1.165) is 49.2 Å². The minimum atomic E-state index is -0.169. The molecule has 4 rings (SSSR count). The monoisotopic (exact) mass is 414 g/mol. The zero-order valence-electron chi connectivity index (χ0n) is 18.0. The summed E-state index contributed by atoms with van der Waals surface area (Å²) < 4.78 is 5.29. The Kier molecular flexibility index (Phi) is 6.88. The summed E-state index contributed by atoms with van der Waals surface area (Å²) in [5.41, 5.74) is 3.44. The van der Waals surface area contributed by atoms with Crippen molar-refractivity contribution in [2.75, 3.05) is 20.2 Å². The predicted molar refractivity (Wildman–Crippen MR) is 124 cm³/mol. The largest absolute Gasteiger partial charge is 0.497 e. The van der Waals surface area contributed by atoms with Crippen LogP contribution in [-0.4, -0.2) is 31.1 Å². The predicted octanol–water partition coefficient (Wildman–Crippen LogP) is 5.76. The summed E-state index contributed by atoms with van der Waals surface area (Å²) in [5.74, 6) is 1.20. The van der Waals surface area contributed by atoms with Gasteiger partial charge in [0.25, 0.3) is 0 Å². The van der Waals surface area contributed by atoms with E-state index >= 15 is 0 Å². The van der Waals surface area contributed by atoms with E-state index < -0.39 is 0 Å². The number of amides is 2. The molecule has 1 unspecified atom stereocenters. The van der Waals surface area contributed by atoms with Gasteiger partial charge in [-0.25, -0.2) is 4.79 Å². The summed E-state index contributed by atoms with van der Waals surface area (Å²) in [6.07, 6.45) is 3.25. The molecule has 3 aromatic carbocycles. The van der Waals surface area contributed by atoms with Crippen molar-refractivity contribution in [2.45, 2.75) is 31.2 Å². The molecule has 160 valence electrons. The second-order valence-electron chi connectivity index (χ2n) is 8.12. The Bertz CT molecular complexity index is 918. The topological polar surface area (TPSA) is 41.6 Å². The number of likely N-dealkylation sites (tertiary alicyclic amines) is 1. The highest BCUT2D eigenvalue weighted by Gasteiger charge is 2.25. The Labute approximate surface area is 184 Å². The maximum absolute atomic E-state index is 13.4. The van der Waals surface area contributed by atoms with Gasteiger partial charge in [-0.3, -0.25) is 0 Å². The van der Waals surface area contributed by atoms with Crippen molar-refractivity contribution < 1.29 is 9.53 Å². The van der Waals surface area contributed by atoms with Gasteiger partial charge in [-0.05, 0) is 41.7 Å². The highest BCUT2D eigenvalue weighted by Crippen LogP contribution is 2.29. The minimum Gasteiger partial charge on any atom is -0.497 e. The lowest BCUT2D eigenvalue weighted by Gasteiger charge is -2.28. The molecule has 0 saturated carbocycles. The first-order valence-corrected chi connectivity index (χ1v) is 11.0. The van der Waals surface area contributed by atoms with Crippen LogP contribution >= 0.6 is 0 Å². The first-order chi connectivity index (χ1) is 15.2. The molecule has 2 amide bonds. The number of benzene rings is 3. The second-order valence-corrected chi connectivity index (χ2v) is 8.12. The molecule has 4 heteroatoms. The Hall–Kier alpha value is -3.27. The third-order valence-corrected chi connectivity index (χ3v) is 6.08. The lowest BCUT2D eigenvalue weighted by Crippen LogP contribution is -2.43. The molecule has 1 saturated heterocycles. The van der Waals surface area contributed by atoms with Gasteiger partial charge in [0, 0.05) is 19.0 Å². The number of carbonyl (C=O) groups is 1. The molecule has 0 spiro atoms. The average Bonchev–Trinajstić information content (AvgIpc) is 3.10. The van der Waals surface area contributed by atoms with Crippen molar-refractivity contribution in [3.05, 3.63) is 102 Å². The normalized spacial score (nSPS) is 16.6. The number of nitrogens with one attached hydrogen (secondary N) is 1. The van der Waals surface area contributed by atoms with Crippen molar-refractivity contribution in [1.29, 1.82) is 0 Å². The zero-order chi connectivity index (χ0) is 21.5. The van der Waals surface area contributed by atoms with Gasteiger partial charge >= 0.3 is 6.03 Å². The van der Waals surface area contributed by atoms with Gasteiger partial charge in [0.15, 0.2) is 0 Å². The van der Waals surface area contributed by atoms with Gasteiger partial charge in [0.1, 0.15) is 5.75 Å². The van der Waals surface area contributed by atoms with Gasteiger partial charge in [0.05, 0.1) is 13.2 Å². The van der Waals surface area contributed by atoms with Crippen molar-refractivity contribution in [3.8, 4) is 5.75 Å². The maximum atomic E-state index is 13.4. The van der Waals surface area contributed by atoms with Crippen molar-refractivity contribution in [1.82, 2.24) is 10.2 Å². The molecule has 0 aromatic heterocycles. The van der Waals surface area contributed by atoms with E-state index in [1.807, 2.05) is 53.4 Å². The van der Waals surface area contributed by atoms with E-state index in [2.05, 4.69) is 41.7 Å². The highest BCUT2D eigenvalue weighted by molar-refractivity contribution is 5.75. The molecule has 1 aliphatic rings. The first-order valence-electron chi connectivity index (χ1n) is 11.0. The zero-order valence-corrected chi connectivity index (χ0v) is 18.0. The molecule has 3 aromatic rings. The minimum absolute atomic E-state index is 0.00174. The number of hydrogen-bond donors (Lipinski definition) is 1. The lowest BCUT2D eigenvalue weighted by molar-refractivity contribution is 0.195. The lowest BCUT2D eigenvalue weighted by atomic mass is 9.94. The average molecular weight is 415 g/mol. The molecule has 1 fully saturated rings. The summed E-state index contributed by atoms with van der Waals surface area (Å²) in [6.45, 7) is 1.52. The van der Waals surface area contributed by atoms with Gasteiger partial charge < -0.3 is 15.0 Å². The van der Waals surface area contributed by atoms with Gasteiger partial charge in [0.2, 0.25) is 0 Å². The van der Waals surface area contributed by atoms with Crippen LogP contribution in [0, 0.1) is 0 Å². The summed E-state index contributed by atoms with van der Waals surface area (Å²) in [5, 5.41) is 3.30. The fourth-order valence-electron chi connectivity index (χ4n) is 4.34. The third kappa shape index (κ3) is 5.26. The van der Waals surface area contributed by atoms with Gasteiger partial charge in [-0.15, -0.1) is 0 Å². The van der Waals surface area contributed by atoms with Crippen LogP contribution < -0.4 is 10.1 Å². The van der Waals surface area contributed by atoms with Crippen LogP contribution in [0.3, 0.4) is 0 Å². The number of methoxy groups -OCH3 is 1. The summed E-state index contributed by atoms with van der Waals surface area (Å²) >= 11 is 0. The molecule has 31 heavy (non-hydrogen) atoms. The Morgan fingerprint density at radius 2 is 1.52 bits per heavy atom.